The van der Waals surface area contributed by atoms with E-state index < -0.39 is 5.60 Å². The van der Waals surface area contributed by atoms with Gasteiger partial charge in [0.05, 0.1) is 24.0 Å². The van der Waals surface area contributed by atoms with Crippen molar-refractivity contribution in [2.75, 3.05) is 13.1 Å². The third-order valence-electron chi connectivity index (χ3n) is 4.67. The Kier molecular flexibility index (Phi) is 3.33. The largest absolute Gasteiger partial charge is 0.449 e. The zero-order chi connectivity index (χ0) is 16.7. The van der Waals surface area contributed by atoms with Crippen LogP contribution in [0.4, 0.5) is 0 Å². The van der Waals surface area contributed by atoms with Crippen molar-refractivity contribution in [2.24, 2.45) is 0 Å². The number of carbonyl (C=O) groups excluding carboxylic acids is 2. The first-order chi connectivity index (χ1) is 11.6. The third kappa shape index (κ3) is 2.26. The molecular formula is C18H17N3O3. The fourth-order valence-electron chi connectivity index (χ4n) is 3.51. The van der Waals surface area contributed by atoms with Crippen molar-refractivity contribution >= 4 is 11.9 Å². The van der Waals surface area contributed by atoms with Gasteiger partial charge >= 0.3 is 5.97 Å². The van der Waals surface area contributed by atoms with Crippen molar-refractivity contribution in [1.82, 2.24) is 14.9 Å². The number of piperidine rings is 1. The number of nitrogens with zero attached hydrogens (tertiary/aromatic N) is 3. The SMILES string of the molecule is Cc1cnc(C(=O)N2CCC[C@]3(C2)OC(=O)c2ccccc23)cn1. The smallest absolute Gasteiger partial charge is 0.339 e. The van der Waals surface area contributed by atoms with Crippen LogP contribution in [-0.2, 0) is 10.3 Å². The molecule has 0 radical (unpaired) electrons. The summed E-state index contributed by atoms with van der Waals surface area (Å²) < 4.78 is 5.73. The van der Waals surface area contributed by atoms with E-state index in [-0.39, 0.29) is 11.9 Å². The second-order valence-corrected chi connectivity index (χ2v) is 6.30. The van der Waals surface area contributed by atoms with Crippen LogP contribution in [0.3, 0.4) is 0 Å². The van der Waals surface area contributed by atoms with Crippen LogP contribution in [-0.4, -0.2) is 39.8 Å². The average Bonchev–Trinajstić information content (AvgIpc) is 2.87. The van der Waals surface area contributed by atoms with Crippen LogP contribution in [0.5, 0.6) is 0 Å². The van der Waals surface area contributed by atoms with E-state index in [1.807, 2.05) is 25.1 Å². The molecule has 0 aliphatic carbocycles. The molecule has 0 saturated carbocycles. The van der Waals surface area contributed by atoms with E-state index in [4.69, 9.17) is 4.74 Å². The van der Waals surface area contributed by atoms with Crippen molar-refractivity contribution < 1.29 is 14.3 Å². The van der Waals surface area contributed by atoms with E-state index in [0.717, 1.165) is 24.1 Å². The number of aryl methyl sites for hydroxylation is 1. The van der Waals surface area contributed by atoms with Gasteiger partial charge < -0.3 is 9.64 Å². The molecule has 0 N–H and O–H groups in total. The summed E-state index contributed by atoms with van der Waals surface area (Å²) in [5.74, 6) is -0.489. The third-order valence-corrected chi connectivity index (χ3v) is 4.67. The molecule has 122 valence electrons. The summed E-state index contributed by atoms with van der Waals surface area (Å²) in [5.41, 5.74) is 1.82. The van der Waals surface area contributed by atoms with Gasteiger partial charge in [0.1, 0.15) is 5.69 Å². The number of ether oxygens (including phenoxy) is 1. The van der Waals surface area contributed by atoms with Crippen molar-refractivity contribution in [3.05, 3.63) is 59.2 Å². The second-order valence-electron chi connectivity index (χ2n) is 6.30. The minimum absolute atomic E-state index is 0.179. The highest BCUT2D eigenvalue weighted by Gasteiger charge is 2.48. The van der Waals surface area contributed by atoms with E-state index in [1.54, 1.807) is 17.2 Å². The van der Waals surface area contributed by atoms with E-state index in [9.17, 15) is 9.59 Å². The summed E-state index contributed by atoms with van der Waals surface area (Å²) in [7, 11) is 0. The van der Waals surface area contributed by atoms with Crippen LogP contribution in [0.2, 0.25) is 0 Å². The molecule has 0 bridgehead atoms. The van der Waals surface area contributed by atoms with Gasteiger partial charge in [0.25, 0.3) is 5.91 Å². The van der Waals surface area contributed by atoms with Crippen molar-refractivity contribution in [2.45, 2.75) is 25.4 Å². The fraction of sp³-hybridized carbons (Fsp3) is 0.333. The lowest BCUT2D eigenvalue weighted by atomic mass is 9.85. The number of rotatable bonds is 1. The zero-order valence-electron chi connectivity index (χ0n) is 13.4. The van der Waals surface area contributed by atoms with E-state index in [2.05, 4.69) is 9.97 Å². The van der Waals surface area contributed by atoms with Crippen LogP contribution in [0.15, 0.2) is 36.7 Å². The standard InChI is InChI=1S/C18H17N3O3/c1-12-9-20-15(10-19-12)16(22)21-8-4-7-18(11-21)14-6-3-2-5-13(14)17(23)24-18/h2-3,5-6,9-10H,4,7-8,11H2,1H3/t18-/m1/s1. The Balaban J connectivity index is 1.64. The molecule has 1 fully saturated rings. The minimum atomic E-state index is -0.736. The lowest BCUT2D eigenvalue weighted by Gasteiger charge is -2.39. The summed E-state index contributed by atoms with van der Waals surface area (Å²) in [5, 5.41) is 0. The van der Waals surface area contributed by atoms with Crippen LogP contribution >= 0.6 is 0 Å². The van der Waals surface area contributed by atoms with E-state index in [0.29, 0.717) is 24.3 Å². The lowest BCUT2D eigenvalue weighted by Crippen LogP contribution is -2.49. The average molecular weight is 323 g/mol. The summed E-state index contributed by atoms with van der Waals surface area (Å²) in [6.45, 7) is 2.80. The second kappa shape index (κ2) is 5.40. The molecule has 6 heteroatoms. The van der Waals surface area contributed by atoms with Crippen LogP contribution in [0, 0.1) is 6.92 Å². The monoisotopic (exact) mass is 323 g/mol. The highest BCUT2D eigenvalue weighted by molar-refractivity contribution is 5.95. The van der Waals surface area contributed by atoms with Gasteiger partial charge in [-0.1, -0.05) is 18.2 Å². The Hall–Kier alpha value is -2.76. The van der Waals surface area contributed by atoms with Gasteiger partial charge in [-0.3, -0.25) is 9.78 Å². The number of fused-ring (bicyclic) bond motifs is 2. The van der Waals surface area contributed by atoms with E-state index in [1.165, 1.54) is 6.20 Å². The number of esters is 1. The lowest BCUT2D eigenvalue weighted by molar-refractivity contribution is -0.0443. The van der Waals surface area contributed by atoms with Gasteiger partial charge in [0.15, 0.2) is 5.60 Å². The number of benzene rings is 1. The predicted octanol–water partition coefficient (Wildman–Crippen LogP) is 2.09. The highest BCUT2D eigenvalue weighted by atomic mass is 16.6. The molecule has 1 spiro atoms. The van der Waals surface area contributed by atoms with Crippen molar-refractivity contribution in [3.63, 3.8) is 0 Å². The van der Waals surface area contributed by atoms with Crippen molar-refractivity contribution in [1.29, 1.82) is 0 Å². The summed E-state index contributed by atoms with van der Waals surface area (Å²) in [6.07, 6.45) is 4.57. The Labute approximate surface area is 139 Å². The molecule has 1 amide bonds. The summed E-state index contributed by atoms with van der Waals surface area (Å²) in [6, 6.07) is 7.42. The minimum Gasteiger partial charge on any atom is -0.449 e. The summed E-state index contributed by atoms with van der Waals surface area (Å²) in [4.78, 5) is 34.9. The Morgan fingerprint density at radius 2 is 2.08 bits per heavy atom. The first-order valence-corrected chi connectivity index (χ1v) is 8.00. The van der Waals surface area contributed by atoms with Crippen molar-refractivity contribution in [3.8, 4) is 0 Å². The molecule has 24 heavy (non-hydrogen) atoms. The van der Waals surface area contributed by atoms with Gasteiger partial charge in [-0.2, -0.15) is 0 Å². The molecule has 6 nitrogen and oxygen atoms in total. The number of hydrogen-bond donors (Lipinski definition) is 0. The Morgan fingerprint density at radius 3 is 2.88 bits per heavy atom. The molecule has 0 unspecified atom stereocenters. The number of likely N-dealkylation sites (tertiary alicyclic amines) is 1. The maximum absolute atomic E-state index is 12.7. The van der Waals surface area contributed by atoms with Gasteiger partial charge in [-0.05, 0) is 25.8 Å². The van der Waals surface area contributed by atoms with Gasteiger partial charge in [0.2, 0.25) is 0 Å². The Morgan fingerprint density at radius 1 is 1.25 bits per heavy atom. The molecule has 1 aromatic heterocycles. The molecule has 3 heterocycles. The highest BCUT2D eigenvalue weighted by Crippen LogP contribution is 2.42. The molecule has 1 atom stereocenters. The normalized spacial score (nSPS) is 22.4. The van der Waals surface area contributed by atoms with Gasteiger partial charge in [0, 0.05) is 18.3 Å². The topological polar surface area (TPSA) is 72.4 Å². The van der Waals surface area contributed by atoms with Crippen LogP contribution in [0.1, 0.15) is 44.9 Å². The number of aromatic nitrogens is 2. The molecule has 1 saturated heterocycles. The Bertz CT molecular complexity index is 819. The molecule has 1 aromatic carbocycles. The quantitative estimate of drug-likeness (QED) is 0.751. The maximum Gasteiger partial charge on any atom is 0.339 e. The molecule has 2 aromatic rings. The maximum atomic E-state index is 12.7. The van der Waals surface area contributed by atoms with E-state index >= 15 is 0 Å². The fourth-order valence-corrected chi connectivity index (χ4v) is 3.51. The number of amides is 1. The van der Waals surface area contributed by atoms with Gasteiger partial charge in [-0.25, -0.2) is 9.78 Å². The van der Waals surface area contributed by atoms with Crippen LogP contribution < -0.4 is 0 Å². The first kappa shape index (κ1) is 14.8. The predicted molar refractivity (Wildman–Crippen MR) is 85.4 cm³/mol. The number of hydrogen-bond acceptors (Lipinski definition) is 5. The summed E-state index contributed by atoms with van der Waals surface area (Å²) >= 11 is 0. The zero-order valence-corrected chi connectivity index (χ0v) is 13.4. The molecule has 4 rings (SSSR count). The molecule has 2 aliphatic heterocycles. The van der Waals surface area contributed by atoms with Crippen LogP contribution in [0.25, 0.3) is 0 Å². The first-order valence-electron chi connectivity index (χ1n) is 8.00. The molecule has 2 aliphatic rings. The number of carbonyl (C=O) groups is 2. The van der Waals surface area contributed by atoms with Gasteiger partial charge in [-0.15, -0.1) is 0 Å². The molecular weight excluding hydrogens is 306 g/mol.